The van der Waals surface area contributed by atoms with Crippen LogP contribution in [-0.2, 0) is 5.75 Å². The lowest BCUT2D eigenvalue weighted by molar-refractivity contribution is 0.0938. The summed E-state index contributed by atoms with van der Waals surface area (Å²) in [5, 5.41) is 13.1. The fourth-order valence-corrected chi connectivity index (χ4v) is 4.51. The van der Waals surface area contributed by atoms with Crippen LogP contribution in [0, 0.1) is 12.7 Å². The number of benzene rings is 3. The smallest absolute Gasteiger partial charge is 0.251 e. The van der Waals surface area contributed by atoms with Crippen LogP contribution in [0.25, 0.3) is 5.69 Å². The van der Waals surface area contributed by atoms with Gasteiger partial charge in [-0.25, -0.2) is 4.39 Å². The second-order valence-corrected chi connectivity index (χ2v) is 9.51. The van der Waals surface area contributed by atoms with E-state index in [4.69, 9.17) is 23.2 Å². The largest absolute Gasteiger partial charge is 0.342 e. The minimum atomic E-state index is -0.448. The molecule has 0 fully saturated rings. The Kier molecular flexibility index (Phi) is 7.56. The first-order chi connectivity index (χ1) is 16.3. The molecule has 4 rings (SSSR count). The maximum absolute atomic E-state index is 13.2. The van der Waals surface area contributed by atoms with Gasteiger partial charge in [0.2, 0.25) is 0 Å². The van der Waals surface area contributed by atoms with Gasteiger partial charge < -0.3 is 5.32 Å². The van der Waals surface area contributed by atoms with Gasteiger partial charge in [-0.1, -0.05) is 64.8 Å². The normalized spacial score (nSPS) is 11.9. The molecule has 1 N–H and O–H groups in total. The first kappa shape index (κ1) is 24.3. The highest BCUT2D eigenvalue weighted by Crippen LogP contribution is 2.28. The molecule has 0 saturated carbocycles. The molecule has 0 aliphatic rings. The summed E-state index contributed by atoms with van der Waals surface area (Å²) >= 11 is 13.5. The van der Waals surface area contributed by atoms with Crippen LogP contribution in [0.15, 0.2) is 71.9 Å². The van der Waals surface area contributed by atoms with Gasteiger partial charge in [-0.05, 0) is 61.9 Å². The van der Waals surface area contributed by atoms with Gasteiger partial charge in [0.05, 0.1) is 16.1 Å². The molecule has 3 aromatic carbocycles. The Hall–Kier alpha value is -2.87. The molecule has 4 aromatic rings. The van der Waals surface area contributed by atoms with E-state index in [2.05, 4.69) is 15.5 Å². The number of rotatable bonds is 7. The van der Waals surface area contributed by atoms with Gasteiger partial charge >= 0.3 is 0 Å². The molecule has 0 bridgehead atoms. The van der Waals surface area contributed by atoms with Gasteiger partial charge in [0.1, 0.15) is 5.82 Å². The van der Waals surface area contributed by atoms with Crippen LogP contribution >= 0.6 is 35.0 Å². The number of nitrogens with zero attached hydrogens (tertiary/aromatic N) is 3. The Balaban J connectivity index is 1.61. The van der Waals surface area contributed by atoms with E-state index in [0.29, 0.717) is 32.3 Å². The second-order valence-electron chi connectivity index (χ2n) is 7.75. The van der Waals surface area contributed by atoms with Crippen molar-refractivity contribution in [3.8, 4) is 5.69 Å². The van der Waals surface area contributed by atoms with Gasteiger partial charge in [0.25, 0.3) is 5.91 Å². The molecule has 0 aliphatic carbocycles. The van der Waals surface area contributed by atoms with Crippen molar-refractivity contribution in [3.63, 3.8) is 0 Å². The van der Waals surface area contributed by atoms with E-state index < -0.39 is 6.04 Å². The number of aryl methyl sites for hydroxylation is 1. The van der Waals surface area contributed by atoms with E-state index in [1.165, 1.54) is 30.0 Å². The Labute approximate surface area is 211 Å². The number of carbonyl (C=O) groups is 1. The zero-order chi connectivity index (χ0) is 24.2. The van der Waals surface area contributed by atoms with Gasteiger partial charge in [0, 0.05) is 17.0 Å². The number of amides is 1. The number of aromatic nitrogens is 3. The lowest BCUT2D eigenvalue weighted by Gasteiger charge is -2.17. The Morgan fingerprint density at radius 2 is 1.74 bits per heavy atom. The lowest BCUT2D eigenvalue weighted by Crippen LogP contribution is -2.28. The topological polar surface area (TPSA) is 59.8 Å². The summed E-state index contributed by atoms with van der Waals surface area (Å²) in [6, 6.07) is 18.6. The Bertz CT molecular complexity index is 1310. The van der Waals surface area contributed by atoms with Gasteiger partial charge in [-0.2, -0.15) is 0 Å². The molecular formula is C25H21Cl2FN4OS. The lowest BCUT2D eigenvalue weighted by atomic mass is 10.2. The maximum atomic E-state index is 13.2. The minimum Gasteiger partial charge on any atom is -0.342 e. The maximum Gasteiger partial charge on any atom is 0.251 e. The van der Waals surface area contributed by atoms with Crippen LogP contribution in [0.1, 0.15) is 40.3 Å². The molecule has 0 spiro atoms. The summed E-state index contributed by atoms with van der Waals surface area (Å²) < 4.78 is 15.2. The van der Waals surface area contributed by atoms with E-state index in [-0.39, 0.29) is 11.7 Å². The summed E-state index contributed by atoms with van der Waals surface area (Å²) in [4.78, 5) is 12.8. The first-order valence-corrected chi connectivity index (χ1v) is 12.2. The second kappa shape index (κ2) is 10.6. The predicted octanol–water partition coefficient (Wildman–Crippen LogP) is 6.80. The van der Waals surface area contributed by atoms with E-state index in [9.17, 15) is 9.18 Å². The van der Waals surface area contributed by atoms with E-state index in [0.717, 1.165) is 16.8 Å². The molecule has 5 nitrogen and oxygen atoms in total. The third-order valence-corrected chi connectivity index (χ3v) is 6.89. The molecular weight excluding hydrogens is 494 g/mol. The monoisotopic (exact) mass is 514 g/mol. The highest BCUT2D eigenvalue weighted by Gasteiger charge is 2.22. The number of nitrogens with one attached hydrogen (secondary N) is 1. The van der Waals surface area contributed by atoms with Crippen molar-refractivity contribution in [2.75, 3.05) is 0 Å². The predicted molar refractivity (Wildman–Crippen MR) is 134 cm³/mol. The fraction of sp³-hybridized carbons (Fsp3) is 0.160. The van der Waals surface area contributed by atoms with Crippen molar-refractivity contribution >= 4 is 40.9 Å². The molecule has 0 saturated heterocycles. The number of hydrogen-bond acceptors (Lipinski definition) is 4. The summed E-state index contributed by atoms with van der Waals surface area (Å²) in [7, 11) is 0. The van der Waals surface area contributed by atoms with Crippen molar-refractivity contribution in [1.82, 2.24) is 20.1 Å². The Morgan fingerprint density at radius 1 is 1.03 bits per heavy atom. The van der Waals surface area contributed by atoms with E-state index >= 15 is 0 Å². The molecule has 9 heteroatoms. The van der Waals surface area contributed by atoms with E-state index in [1.807, 2.05) is 42.7 Å². The number of halogens is 3. The number of hydrogen-bond donors (Lipinski definition) is 1. The third-order valence-electron chi connectivity index (χ3n) is 5.15. The summed E-state index contributed by atoms with van der Waals surface area (Å²) in [5.41, 5.74) is 3.36. The van der Waals surface area contributed by atoms with Gasteiger partial charge in [-0.3, -0.25) is 9.36 Å². The highest BCUT2D eigenvalue weighted by molar-refractivity contribution is 7.98. The molecule has 34 heavy (non-hydrogen) atoms. The summed E-state index contributed by atoms with van der Waals surface area (Å²) in [6.45, 7) is 3.86. The van der Waals surface area contributed by atoms with Crippen molar-refractivity contribution in [2.24, 2.45) is 0 Å². The molecule has 174 valence electrons. The Morgan fingerprint density at radius 3 is 2.41 bits per heavy atom. The molecule has 0 aliphatic heterocycles. The molecule has 1 atom stereocenters. The van der Waals surface area contributed by atoms with Crippen LogP contribution in [0.4, 0.5) is 4.39 Å². The molecule has 1 heterocycles. The number of carbonyl (C=O) groups excluding carboxylic acids is 1. The van der Waals surface area contributed by atoms with Gasteiger partial charge in [-0.15, -0.1) is 10.2 Å². The van der Waals surface area contributed by atoms with Crippen LogP contribution in [-0.4, -0.2) is 20.7 Å². The van der Waals surface area contributed by atoms with Crippen molar-refractivity contribution < 1.29 is 9.18 Å². The highest BCUT2D eigenvalue weighted by atomic mass is 35.5. The average Bonchev–Trinajstić information content (AvgIpc) is 3.25. The molecule has 0 unspecified atom stereocenters. The summed E-state index contributed by atoms with van der Waals surface area (Å²) in [5.74, 6) is 0.600. The zero-order valence-corrected chi connectivity index (χ0v) is 20.8. The standard InChI is InChI=1S/C25H21Cl2FN4OS/c1-15-3-10-20(11-4-15)32-23(16(2)29-24(33)18-7-12-21(26)22(27)13-18)30-31-25(32)34-14-17-5-8-19(28)9-6-17/h3-13,16H,14H2,1-2H3,(H,29,33)/t16-/m0/s1. The quantitative estimate of drug-likeness (QED) is 0.275. The van der Waals surface area contributed by atoms with Crippen molar-refractivity contribution in [3.05, 3.63) is 105 Å². The van der Waals surface area contributed by atoms with Crippen LogP contribution in [0.5, 0.6) is 0 Å². The molecule has 1 amide bonds. The zero-order valence-electron chi connectivity index (χ0n) is 18.4. The SMILES string of the molecule is Cc1ccc(-n2c(SCc3ccc(F)cc3)nnc2[C@H](C)NC(=O)c2ccc(Cl)c(Cl)c2)cc1. The van der Waals surface area contributed by atoms with E-state index in [1.54, 1.807) is 24.3 Å². The van der Waals surface area contributed by atoms with Crippen LogP contribution < -0.4 is 5.32 Å². The average molecular weight is 515 g/mol. The van der Waals surface area contributed by atoms with Crippen LogP contribution in [0.2, 0.25) is 10.0 Å². The minimum absolute atomic E-state index is 0.273. The van der Waals surface area contributed by atoms with Crippen molar-refractivity contribution in [1.29, 1.82) is 0 Å². The summed E-state index contributed by atoms with van der Waals surface area (Å²) in [6.07, 6.45) is 0. The van der Waals surface area contributed by atoms with Gasteiger partial charge in [0.15, 0.2) is 11.0 Å². The van der Waals surface area contributed by atoms with Crippen molar-refractivity contribution in [2.45, 2.75) is 30.8 Å². The van der Waals surface area contributed by atoms with Crippen LogP contribution in [0.3, 0.4) is 0 Å². The number of thioether (sulfide) groups is 1. The third kappa shape index (κ3) is 5.60. The fourth-order valence-electron chi connectivity index (χ4n) is 3.30. The molecule has 1 aromatic heterocycles. The first-order valence-electron chi connectivity index (χ1n) is 10.5. The molecule has 0 radical (unpaired) electrons.